The smallest absolute Gasteiger partial charge is 0.324 e. The molecular formula is C18H26N4O2. The number of rotatable bonds is 4. The summed E-state index contributed by atoms with van der Waals surface area (Å²) in [6.45, 7) is 4.99. The molecule has 1 aromatic rings. The summed E-state index contributed by atoms with van der Waals surface area (Å²) in [7, 11) is 0. The molecule has 2 aliphatic rings. The van der Waals surface area contributed by atoms with Gasteiger partial charge in [0.1, 0.15) is 6.04 Å². The van der Waals surface area contributed by atoms with E-state index in [0.29, 0.717) is 13.1 Å². The molecule has 0 aliphatic carbocycles. The topological polar surface area (TPSA) is 64.7 Å². The summed E-state index contributed by atoms with van der Waals surface area (Å²) in [6.07, 6.45) is 5.15. The first-order chi connectivity index (χ1) is 11.6. The molecule has 0 radical (unpaired) electrons. The van der Waals surface area contributed by atoms with Crippen LogP contribution in [-0.2, 0) is 4.79 Å². The van der Waals surface area contributed by atoms with Crippen LogP contribution in [0.15, 0.2) is 24.3 Å². The summed E-state index contributed by atoms with van der Waals surface area (Å²) in [6, 6.07) is 7.49. The zero-order valence-electron chi connectivity index (χ0n) is 14.3. The molecule has 0 bridgehead atoms. The minimum atomic E-state index is -0.433. The summed E-state index contributed by atoms with van der Waals surface area (Å²) < 4.78 is 0. The van der Waals surface area contributed by atoms with Gasteiger partial charge in [0.15, 0.2) is 0 Å². The summed E-state index contributed by atoms with van der Waals surface area (Å²) in [5, 5.41) is 5.84. The third kappa shape index (κ3) is 3.80. The van der Waals surface area contributed by atoms with Crippen LogP contribution < -0.4 is 15.5 Å². The van der Waals surface area contributed by atoms with Crippen LogP contribution >= 0.6 is 0 Å². The van der Waals surface area contributed by atoms with Gasteiger partial charge in [0.2, 0.25) is 0 Å². The third-order valence-electron chi connectivity index (χ3n) is 4.71. The van der Waals surface area contributed by atoms with Crippen LogP contribution in [0, 0.1) is 0 Å². The normalized spacial score (nSPS) is 19.6. The predicted molar refractivity (Wildman–Crippen MR) is 95.3 cm³/mol. The van der Waals surface area contributed by atoms with Gasteiger partial charge in [-0.05, 0) is 44.0 Å². The van der Waals surface area contributed by atoms with Gasteiger partial charge in [-0.1, -0.05) is 12.8 Å². The highest BCUT2D eigenvalue weighted by molar-refractivity contribution is 5.99. The fourth-order valence-corrected chi connectivity index (χ4v) is 3.32. The van der Waals surface area contributed by atoms with Crippen LogP contribution in [-0.4, -0.2) is 49.1 Å². The monoisotopic (exact) mass is 330 g/mol. The van der Waals surface area contributed by atoms with Crippen molar-refractivity contribution in [2.75, 3.05) is 36.4 Å². The van der Waals surface area contributed by atoms with Crippen LogP contribution in [0.1, 0.15) is 32.6 Å². The molecule has 1 aromatic carbocycles. The number of imide groups is 1. The molecule has 130 valence electrons. The number of nitrogens with one attached hydrogen (secondary N) is 2. The minimum Gasteiger partial charge on any atom is -0.374 e. The van der Waals surface area contributed by atoms with E-state index in [2.05, 4.69) is 27.7 Å². The lowest BCUT2D eigenvalue weighted by molar-refractivity contribution is -0.128. The molecule has 0 saturated carbocycles. The fourth-order valence-electron chi connectivity index (χ4n) is 3.32. The van der Waals surface area contributed by atoms with Crippen molar-refractivity contribution in [3.63, 3.8) is 0 Å². The zero-order valence-corrected chi connectivity index (χ0v) is 14.3. The Morgan fingerprint density at radius 3 is 2.33 bits per heavy atom. The van der Waals surface area contributed by atoms with Gasteiger partial charge in [-0.2, -0.15) is 0 Å². The van der Waals surface area contributed by atoms with E-state index in [1.807, 2.05) is 12.1 Å². The Balaban J connectivity index is 1.59. The number of hydrogen-bond acceptors (Lipinski definition) is 4. The van der Waals surface area contributed by atoms with Gasteiger partial charge in [-0.25, -0.2) is 4.79 Å². The van der Waals surface area contributed by atoms with E-state index < -0.39 is 6.04 Å². The Morgan fingerprint density at radius 1 is 1.08 bits per heavy atom. The maximum Gasteiger partial charge on any atom is 0.324 e. The maximum atomic E-state index is 12.3. The highest BCUT2D eigenvalue weighted by Crippen LogP contribution is 2.22. The molecule has 2 aliphatic heterocycles. The number of anilines is 2. The van der Waals surface area contributed by atoms with Gasteiger partial charge < -0.3 is 15.5 Å². The second-order valence-corrected chi connectivity index (χ2v) is 6.54. The van der Waals surface area contributed by atoms with Gasteiger partial charge in [0, 0.05) is 37.6 Å². The molecule has 6 heteroatoms. The molecule has 2 N–H and O–H groups in total. The molecule has 2 saturated heterocycles. The number of carbonyl (C=O) groups excluding carboxylic acids is 2. The summed E-state index contributed by atoms with van der Waals surface area (Å²) in [4.78, 5) is 27.6. The Hall–Kier alpha value is -2.24. The Bertz CT molecular complexity index is 579. The first kappa shape index (κ1) is 16.6. The molecule has 24 heavy (non-hydrogen) atoms. The molecule has 3 amide bonds. The van der Waals surface area contributed by atoms with Crippen molar-refractivity contribution in [1.29, 1.82) is 0 Å². The van der Waals surface area contributed by atoms with Gasteiger partial charge in [-0.3, -0.25) is 9.69 Å². The van der Waals surface area contributed by atoms with E-state index in [0.717, 1.165) is 18.8 Å². The van der Waals surface area contributed by atoms with E-state index in [9.17, 15) is 9.59 Å². The van der Waals surface area contributed by atoms with Crippen LogP contribution in [0.3, 0.4) is 0 Å². The number of nitrogens with zero attached hydrogens (tertiary/aromatic N) is 2. The molecule has 6 nitrogen and oxygen atoms in total. The van der Waals surface area contributed by atoms with Crippen molar-refractivity contribution >= 4 is 23.3 Å². The van der Waals surface area contributed by atoms with Crippen molar-refractivity contribution in [2.45, 2.75) is 38.6 Å². The van der Waals surface area contributed by atoms with Crippen LogP contribution in [0.4, 0.5) is 16.2 Å². The molecule has 2 fully saturated rings. The highest BCUT2D eigenvalue weighted by Gasteiger charge is 2.29. The maximum absolute atomic E-state index is 12.3. The van der Waals surface area contributed by atoms with Crippen molar-refractivity contribution in [2.24, 2.45) is 0 Å². The molecule has 0 aromatic heterocycles. The SMILES string of the molecule is C[C@@H](Nc1ccc(N2CCCCCC2)cc1)C(=O)N1CCNC1=O. The van der Waals surface area contributed by atoms with Gasteiger partial charge in [-0.15, -0.1) is 0 Å². The second kappa shape index (κ2) is 7.55. The van der Waals surface area contributed by atoms with Crippen LogP contribution in [0.25, 0.3) is 0 Å². The van der Waals surface area contributed by atoms with E-state index in [1.54, 1.807) is 6.92 Å². The zero-order chi connectivity index (χ0) is 16.9. The van der Waals surface area contributed by atoms with Gasteiger partial charge in [0.25, 0.3) is 5.91 Å². The Kier molecular flexibility index (Phi) is 5.23. The van der Waals surface area contributed by atoms with E-state index in [-0.39, 0.29) is 11.9 Å². The molecule has 0 spiro atoms. The largest absolute Gasteiger partial charge is 0.374 e. The van der Waals surface area contributed by atoms with Crippen LogP contribution in [0.5, 0.6) is 0 Å². The first-order valence-electron chi connectivity index (χ1n) is 8.86. The van der Waals surface area contributed by atoms with Gasteiger partial charge >= 0.3 is 6.03 Å². The number of hydrogen-bond donors (Lipinski definition) is 2. The predicted octanol–water partition coefficient (Wildman–Crippen LogP) is 2.42. The number of urea groups is 1. The lowest BCUT2D eigenvalue weighted by Gasteiger charge is -2.23. The molecule has 1 atom stereocenters. The summed E-state index contributed by atoms with van der Waals surface area (Å²) in [5.41, 5.74) is 2.13. The fraction of sp³-hybridized carbons (Fsp3) is 0.556. The number of carbonyl (C=O) groups is 2. The number of amides is 3. The first-order valence-corrected chi connectivity index (χ1v) is 8.86. The molecular weight excluding hydrogens is 304 g/mol. The van der Waals surface area contributed by atoms with Crippen molar-refractivity contribution in [3.05, 3.63) is 24.3 Å². The second-order valence-electron chi connectivity index (χ2n) is 6.54. The number of benzene rings is 1. The summed E-state index contributed by atoms with van der Waals surface area (Å²) in [5.74, 6) is -0.193. The average molecular weight is 330 g/mol. The Morgan fingerprint density at radius 2 is 1.75 bits per heavy atom. The van der Waals surface area contributed by atoms with E-state index >= 15 is 0 Å². The van der Waals surface area contributed by atoms with Crippen molar-refractivity contribution < 1.29 is 9.59 Å². The summed E-state index contributed by atoms with van der Waals surface area (Å²) >= 11 is 0. The average Bonchev–Trinajstić information content (AvgIpc) is 2.85. The van der Waals surface area contributed by atoms with E-state index in [1.165, 1.54) is 36.3 Å². The Labute approximate surface area is 143 Å². The highest BCUT2D eigenvalue weighted by atomic mass is 16.2. The molecule has 0 unspecified atom stereocenters. The van der Waals surface area contributed by atoms with E-state index in [4.69, 9.17) is 0 Å². The van der Waals surface area contributed by atoms with Crippen LogP contribution in [0.2, 0.25) is 0 Å². The lowest BCUT2D eigenvalue weighted by Crippen LogP contribution is -2.43. The molecule has 2 heterocycles. The standard InChI is InChI=1S/C18H26N4O2/c1-14(17(23)22-13-10-19-18(22)24)20-15-6-8-16(9-7-15)21-11-4-2-3-5-12-21/h6-9,14,20H,2-5,10-13H2,1H3,(H,19,24)/t14-/m1/s1. The van der Waals surface area contributed by atoms with Gasteiger partial charge in [0.05, 0.1) is 0 Å². The molecule has 3 rings (SSSR count). The third-order valence-corrected chi connectivity index (χ3v) is 4.71. The van der Waals surface area contributed by atoms with Crippen molar-refractivity contribution in [3.8, 4) is 0 Å². The quantitative estimate of drug-likeness (QED) is 0.890. The van der Waals surface area contributed by atoms with Crippen molar-refractivity contribution in [1.82, 2.24) is 10.2 Å². The lowest BCUT2D eigenvalue weighted by atomic mass is 10.2. The minimum absolute atomic E-state index is 0.193.